The van der Waals surface area contributed by atoms with Gasteiger partial charge in [0, 0.05) is 12.6 Å². The zero-order valence-corrected chi connectivity index (χ0v) is 14.2. The van der Waals surface area contributed by atoms with E-state index in [1.165, 1.54) is 0 Å². The molecule has 0 aliphatic carbocycles. The monoisotopic (exact) mass is 350 g/mol. The Hall–Kier alpha value is -3.03. The van der Waals surface area contributed by atoms with Crippen LogP contribution in [0.15, 0.2) is 36.0 Å². The molecule has 0 unspecified atom stereocenters. The van der Waals surface area contributed by atoms with Crippen LogP contribution in [0.2, 0.25) is 0 Å². The summed E-state index contributed by atoms with van der Waals surface area (Å²) in [5.41, 5.74) is 5.31. The molecule has 0 aliphatic rings. The molecule has 0 aromatic heterocycles. The molecule has 0 saturated heterocycles. The van der Waals surface area contributed by atoms with Crippen molar-refractivity contribution in [2.24, 2.45) is 0 Å². The third-order valence-electron chi connectivity index (χ3n) is 3.00. The van der Waals surface area contributed by atoms with Gasteiger partial charge in [-0.05, 0) is 38.0 Å². The summed E-state index contributed by atoms with van der Waals surface area (Å²) in [6, 6.07) is 6.52. The van der Waals surface area contributed by atoms with Gasteiger partial charge in [-0.1, -0.05) is 12.1 Å². The number of amides is 1. The highest BCUT2D eigenvalue weighted by Gasteiger charge is 2.20. The largest absolute Gasteiger partial charge is 0.508 e. The minimum Gasteiger partial charge on any atom is -0.508 e. The number of hydrogen-bond acceptors (Lipinski definition) is 7. The summed E-state index contributed by atoms with van der Waals surface area (Å²) in [4.78, 5) is 35.2. The van der Waals surface area contributed by atoms with E-state index in [0.29, 0.717) is 6.42 Å². The second-order valence-corrected chi connectivity index (χ2v) is 4.86. The van der Waals surface area contributed by atoms with Crippen LogP contribution in [0.3, 0.4) is 0 Å². The predicted octanol–water partition coefficient (Wildman–Crippen LogP) is 0.956. The van der Waals surface area contributed by atoms with Crippen molar-refractivity contribution < 1.29 is 29.0 Å². The molecule has 1 amide bonds. The lowest BCUT2D eigenvalue weighted by Gasteiger charge is -2.08. The zero-order chi connectivity index (χ0) is 18.7. The minimum absolute atomic E-state index is 0.106. The maximum atomic E-state index is 11.8. The van der Waals surface area contributed by atoms with Gasteiger partial charge in [0.05, 0.1) is 13.2 Å². The van der Waals surface area contributed by atoms with Crippen molar-refractivity contribution in [2.45, 2.75) is 26.7 Å². The van der Waals surface area contributed by atoms with Crippen LogP contribution in [0, 0.1) is 0 Å². The normalized spacial score (nSPS) is 9.68. The van der Waals surface area contributed by atoms with Crippen molar-refractivity contribution in [3.05, 3.63) is 41.6 Å². The summed E-state index contributed by atoms with van der Waals surface area (Å²) >= 11 is 0. The molecule has 0 saturated carbocycles. The number of esters is 2. The van der Waals surface area contributed by atoms with Gasteiger partial charge in [-0.15, -0.1) is 0 Å². The van der Waals surface area contributed by atoms with Crippen molar-refractivity contribution in [3.8, 4) is 5.75 Å². The van der Waals surface area contributed by atoms with Crippen LogP contribution in [-0.4, -0.2) is 36.2 Å². The number of carbonyl (C=O) groups is 3. The molecule has 0 atom stereocenters. The number of hydrazine groups is 1. The Kier molecular flexibility index (Phi) is 8.56. The molecule has 0 bridgehead atoms. The van der Waals surface area contributed by atoms with Gasteiger partial charge in [0.25, 0.3) is 0 Å². The predicted molar refractivity (Wildman–Crippen MR) is 89.1 cm³/mol. The number of carbonyl (C=O) groups excluding carboxylic acids is 3. The van der Waals surface area contributed by atoms with Crippen molar-refractivity contribution in [1.82, 2.24) is 10.9 Å². The quantitative estimate of drug-likeness (QED) is 0.200. The van der Waals surface area contributed by atoms with Crippen LogP contribution in [-0.2, 0) is 30.3 Å². The lowest BCUT2D eigenvalue weighted by atomic mass is 10.1. The standard InChI is InChI=1S/C17H22N2O6/c1-3-24-16(22)14(17(23)25-4-2)11-18-19-15(21)10-7-12-5-8-13(20)9-6-12/h5-6,8-9,11,18,20H,3-4,7,10H2,1-2H3,(H,19,21). The Labute approximate surface area is 145 Å². The average Bonchev–Trinajstić information content (AvgIpc) is 2.58. The highest BCUT2D eigenvalue weighted by atomic mass is 16.6. The van der Waals surface area contributed by atoms with Crippen LogP contribution >= 0.6 is 0 Å². The first kappa shape index (κ1) is 20.0. The number of ether oxygens (including phenoxy) is 2. The molecule has 1 aromatic carbocycles. The van der Waals surface area contributed by atoms with Crippen molar-refractivity contribution in [3.63, 3.8) is 0 Å². The Balaban J connectivity index is 2.52. The van der Waals surface area contributed by atoms with E-state index in [1.54, 1.807) is 38.1 Å². The molecule has 8 heteroatoms. The second-order valence-electron chi connectivity index (χ2n) is 4.86. The maximum absolute atomic E-state index is 11.8. The molecule has 0 radical (unpaired) electrons. The van der Waals surface area contributed by atoms with Gasteiger partial charge in [-0.3, -0.25) is 10.2 Å². The first-order chi connectivity index (χ1) is 12.0. The highest BCUT2D eigenvalue weighted by Crippen LogP contribution is 2.10. The molecule has 0 spiro atoms. The molecular formula is C17H22N2O6. The first-order valence-corrected chi connectivity index (χ1v) is 7.84. The van der Waals surface area contributed by atoms with E-state index in [4.69, 9.17) is 9.47 Å². The Bertz CT molecular complexity index is 605. The number of benzene rings is 1. The van der Waals surface area contributed by atoms with E-state index < -0.39 is 11.9 Å². The van der Waals surface area contributed by atoms with Crippen molar-refractivity contribution in [1.29, 1.82) is 0 Å². The van der Waals surface area contributed by atoms with E-state index in [0.717, 1.165) is 11.8 Å². The molecule has 3 N–H and O–H groups in total. The number of aryl methyl sites for hydroxylation is 1. The Morgan fingerprint density at radius 1 is 1.04 bits per heavy atom. The highest BCUT2D eigenvalue weighted by molar-refractivity contribution is 6.13. The van der Waals surface area contributed by atoms with E-state index in [2.05, 4.69) is 10.9 Å². The molecular weight excluding hydrogens is 328 g/mol. The van der Waals surface area contributed by atoms with Crippen LogP contribution < -0.4 is 10.9 Å². The molecule has 1 aromatic rings. The van der Waals surface area contributed by atoms with Crippen LogP contribution in [0.5, 0.6) is 5.75 Å². The van der Waals surface area contributed by atoms with Gasteiger partial charge in [-0.25, -0.2) is 9.59 Å². The number of phenolic OH excluding ortho intramolecular Hbond substituents is 1. The fraction of sp³-hybridized carbons (Fsp3) is 0.353. The zero-order valence-electron chi connectivity index (χ0n) is 14.2. The fourth-order valence-electron chi connectivity index (χ4n) is 1.79. The summed E-state index contributed by atoms with van der Waals surface area (Å²) in [5, 5.41) is 9.20. The number of nitrogens with one attached hydrogen (secondary N) is 2. The summed E-state index contributed by atoms with van der Waals surface area (Å²) in [6.07, 6.45) is 1.69. The molecule has 136 valence electrons. The summed E-state index contributed by atoms with van der Waals surface area (Å²) in [6.45, 7) is 3.43. The van der Waals surface area contributed by atoms with Crippen molar-refractivity contribution in [2.75, 3.05) is 13.2 Å². The van der Waals surface area contributed by atoms with Gasteiger partial charge >= 0.3 is 11.9 Å². The second kappa shape index (κ2) is 10.7. The summed E-state index contributed by atoms with van der Waals surface area (Å²) in [5.74, 6) is -1.86. The lowest BCUT2D eigenvalue weighted by molar-refractivity contribution is -0.146. The van der Waals surface area contributed by atoms with Crippen LogP contribution in [0.25, 0.3) is 0 Å². The average molecular weight is 350 g/mol. The molecule has 8 nitrogen and oxygen atoms in total. The smallest absolute Gasteiger partial charge is 0.347 e. The van der Waals surface area contributed by atoms with Gasteiger partial charge in [0.15, 0.2) is 5.57 Å². The summed E-state index contributed by atoms with van der Waals surface area (Å²) < 4.78 is 9.53. The molecule has 0 heterocycles. The van der Waals surface area contributed by atoms with E-state index >= 15 is 0 Å². The van der Waals surface area contributed by atoms with Crippen LogP contribution in [0.1, 0.15) is 25.8 Å². The Morgan fingerprint density at radius 3 is 2.12 bits per heavy atom. The number of aromatic hydroxyl groups is 1. The molecule has 0 aliphatic heterocycles. The topological polar surface area (TPSA) is 114 Å². The SMILES string of the molecule is CCOC(=O)C(=CNNC(=O)CCc1ccc(O)cc1)C(=O)OCC. The molecule has 1 rings (SSSR count). The Morgan fingerprint density at radius 2 is 1.60 bits per heavy atom. The molecule has 0 fully saturated rings. The van der Waals surface area contributed by atoms with E-state index in [9.17, 15) is 19.5 Å². The van der Waals surface area contributed by atoms with Crippen molar-refractivity contribution >= 4 is 17.8 Å². The first-order valence-electron chi connectivity index (χ1n) is 7.84. The maximum Gasteiger partial charge on any atom is 0.347 e. The minimum atomic E-state index is -0.841. The number of phenols is 1. The third kappa shape index (κ3) is 7.38. The van der Waals surface area contributed by atoms with E-state index in [1.807, 2.05) is 0 Å². The third-order valence-corrected chi connectivity index (χ3v) is 3.00. The van der Waals surface area contributed by atoms with Gasteiger partial charge < -0.3 is 20.0 Å². The number of rotatable bonds is 9. The van der Waals surface area contributed by atoms with Gasteiger partial charge in [0.1, 0.15) is 5.75 Å². The summed E-state index contributed by atoms with van der Waals surface area (Å²) in [7, 11) is 0. The van der Waals surface area contributed by atoms with Gasteiger partial charge in [0.2, 0.25) is 5.91 Å². The molecule has 25 heavy (non-hydrogen) atoms. The van der Waals surface area contributed by atoms with Gasteiger partial charge in [-0.2, -0.15) is 0 Å². The lowest BCUT2D eigenvalue weighted by Crippen LogP contribution is -2.35. The number of hydrogen-bond donors (Lipinski definition) is 3. The fourth-order valence-corrected chi connectivity index (χ4v) is 1.79. The van der Waals surface area contributed by atoms with E-state index in [-0.39, 0.29) is 36.9 Å². The van der Waals surface area contributed by atoms with Crippen LogP contribution in [0.4, 0.5) is 0 Å².